The van der Waals surface area contributed by atoms with E-state index in [2.05, 4.69) is 10.7 Å². The number of aliphatic imine (C=N–C) groups is 1. The first kappa shape index (κ1) is 6.40. The Morgan fingerprint density at radius 2 is 2.10 bits per heavy atom. The standard InChI is InChI=1S/C4H3N3O3/c5-2(8)1-3(9)7-4(10)6-1/h(H2,5,8)(H,7,9,10). The molecule has 4 amide bonds. The van der Waals surface area contributed by atoms with Gasteiger partial charge in [-0.3, -0.25) is 14.9 Å². The summed E-state index contributed by atoms with van der Waals surface area (Å²) in [4.78, 5) is 34.0. The highest BCUT2D eigenvalue weighted by molar-refractivity contribution is 6.68. The predicted molar refractivity (Wildman–Crippen MR) is 30.2 cm³/mol. The minimum Gasteiger partial charge on any atom is -0.364 e. The number of nitrogens with zero attached hydrogens (tertiary/aromatic N) is 1. The van der Waals surface area contributed by atoms with Gasteiger partial charge in [-0.1, -0.05) is 0 Å². The number of primary amides is 1. The maximum absolute atomic E-state index is 10.5. The lowest BCUT2D eigenvalue weighted by molar-refractivity contribution is -0.116. The summed E-state index contributed by atoms with van der Waals surface area (Å²) >= 11 is 0. The number of amides is 4. The van der Waals surface area contributed by atoms with Crippen LogP contribution in [0.2, 0.25) is 0 Å². The summed E-state index contributed by atoms with van der Waals surface area (Å²) in [5.41, 5.74) is 4.13. The molecule has 0 aliphatic carbocycles. The second-order valence-corrected chi connectivity index (χ2v) is 1.58. The van der Waals surface area contributed by atoms with Crippen LogP contribution in [-0.2, 0) is 9.59 Å². The molecule has 0 aromatic carbocycles. The van der Waals surface area contributed by atoms with Crippen molar-refractivity contribution in [2.75, 3.05) is 0 Å². The molecule has 0 saturated carbocycles. The third-order valence-electron chi connectivity index (χ3n) is 0.882. The van der Waals surface area contributed by atoms with Crippen molar-refractivity contribution >= 4 is 23.6 Å². The molecule has 1 rings (SSSR count). The molecule has 52 valence electrons. The van der Waals surface area contributed by atoms with Crippen LogP contribution in [0.15, 0.2) is 4.99 Å². The molecule has 0 radical (unpaired) electrons. The van der Waals surface area contributed by atoms with Crippen molar-refractivity contribution < 1.29 is 14.4 Å². The van der Waals surface area contributed by atoms with Crippen molar-refractivity contribution in [1.29, 1.82) is 0 Å². The molecule has 6 heteroatoms. The van der Waals surface area contributed by atoms with E-state index in [1.54, 1.807) is 5.32 Å². The van der Waals surface area contributed by atoms with Crippen molar-refractivity contribution in [2.45, 2.75) is 0 Å². The molecule has 10 heavy (non-hydrogen) atoms. The first-order valence-electron chi connectivity index (χ1n) is 2.35. The van der Waals surface area contributed by atoms with Crippen LogP contribution in [0.4, 0.5) is 4.79 Å². The van der Waals surface area contributed by atoms with Crippen LogP contribution >= 0.6 is 0 Å². The summed E-state index contributed by atoms with van der Waals surface area (Å²) in [5.74, 6) is -1.83. The number of hydrogen-bond acceptors (Lipinski definition) is 3. The van der Waals surface area contributed by atoms with Crippen LogP contribution in [-0.4, -0.2) is 23.6 Å². The third-order valence-corrected chi connectivity index (χ3v) is 0.882. The second kappa shape index (κ2) is 1.90. The van der Waals surface area contributed by atoms with Crippen molar-refractivity contribution in [2.24, 2.45) is 10.7 Å². The zero-order valence-electron chi connectivity index (χ0n) is 4.75. The van der Waals surface area contributed by atoms with Gasteiger partial charge in [-0.25, -0.2) is 4.79 Å². The van der Waals surface area contributed by atoms with Crippen LogP contribution in [0.25, 0.3) is 0 Å². The molecule has 0 saturated heterocycles. The molecule has 0 aromatic rings. The van der Waals surface area contributed by atoms with Gasteiger partial charge in [-0.15, -0.1) is 0 Å². The zero-order chi connectivity index (χ0) is 7.72. The largest absolute Gasteiger partial charge is 0.364 e. The molecular weight excluding hydrogens is 138 g/mol. The zero-order valence-corrected chi connectivity index (χ0v) is 4.75. The first-order valence-corrected chi connectivity index (χ1v) is 2.35. The highest BCUT2D eigenvalue weighted by Gasteiger charge is 2.26. The molecule has 1 heterocycles. The monoisotopic (exact) mass is 141 g/mol. The van der Waals surface area contributed by atoms with Crippen molar-refractivity contribution in [3.8, 4) is 0 Å². The van der Waals surface area contributed by atoms with E-state index in [0.717, 1.165) is 0 Å². The van der Waals surface area contributed by atoms with Crippen LogP contribution in [0.3, 0.4) is 0 Å². The number of rotatable bonds is 1. The summed E-state index contributed by atoms with van der Waals surface area (Å²) in [6.45, 7) is 0. The van der Waals surface area contributed by atoms with E-state index in [-0.39, 0.29) is 0 Å². The van der Waals surface area contributed by atoms with E-state index in [1.807, 2.05) is 0 Å². The smallest absolute Gasteiger partial charge is 0.348 e. The minimum absolute atomic E-state index is 0.537. The molecule has 6 nitrogen and oxygen atoms in total. The Morgan fingerprint density at radius 1 is 1.50 bits per heavy atom. The summed E-state index contributed by atoms with van der Waals surface area (Å²) in [6, 6.07) is -0.848. The van der Waals surface area contributed by atoms with E-state index in [9.17, 15) is 14.4 Å². The van der Waals surface area contributed by atoms with Gasteiger partial charge in [0.25, 0.3) is 11.8 Å². The SMILES string of the molecule is NC(=O)C1=NC(=O)NC1=O. The average Bonchev–Trinajstić information content (AvgIpc) is 2.10. The van der Waals surface area contributed by atoms with Crippen LogP contribution in [0, 0.1) is 0 Å². The van der Waals surface area contributed by atoms with Gasteiger partial charge >= 0.3 is 6.03 Å². The molecule has 0 spiro atoms. The minimum atomic E-state index is -0.997. The molecule has 1 aliphatic rings. The lowest BCUT2D eigenvalue weighted by atomic mass is 10.3. The van der Waals surface area contributed by atoms with E-state index < -0.39 is 23.6 Å². The highest BCUT2D eigenvalue weighted by atomic mass is 16.2. The Balaban J connectivity index is 2.96. The molecule has 0 bridgehead atoms. The lowest BCUT2D eigenvalue weighted by Crippen LogP contribution is -2.33. The Kier molecular flexibility index (Phi) is 1.22. The van der Waals surface area contributed by atoms with Gasteiger partial charge in [0.15, 0.2) is 5.71 Å². The third kappa shape index (κ3) is 0.859. The normalized spacial score (nSPS) is 16.6. The van der Waals surface area contributed by atoms with E-state index >= 15 is 0 Å². The molecular formula is C4H3N3O3. The Bertz CT molecular complexity index is 254. The van der Waals surface area contributed by atoms with E-state index in [1.165, 1.54) is 0 Å². The second-order valence-electron chi connectivity index (χ2n) is 1.58. The highest BCUT2D eigenvalue weighted by Crippen LogP contribution is 1.89. The Hall–Kier alpha value is -1.72. The maximum Gasteiger partial charge on any atom is 0.348 e. The number of nitrogens with two attached hydrogens (primary N) is 1. The van der Waals surface area contributed by atoms with Crippen molar-refractivity contribution in [1.82, 2.24) is 5.32 Å². The Labute approximate surface area is 55.1 Å². The van der Waals surface area contributed by atoms with E-state index in [4.69, 9.17) is 0 Å². The van der Waals surface area contributed by atoms with Crippen LogP contribution in [0.1, 0.15) is 0 Å². The number of carbonyl (C=O) groups is 3. The van der Waals surface area contributed by atoms with Gasteiger partial charge in [0.05, 0.1) is 0 Å². The van der Waals surface area contributed by atoms with Gasteiger partial charge in [0.2, 0.25) is 0 Å². The molecule has 0 aromatic heterocycles. The summed E-state index contributed by atoms with van der Waals surface area (Å²) in [7, 11) is 0. The van der Waals surface area contributed by atoms with Crippen LogP contribution in [0.5, 0.6) is 0 Å². The number of nitrogens with one attached hydrogen (secondary N) is 1. The summed E-state index contributed by atoms with van der Waals surface area (Å²) in [6.07, 6.45) is 0. The van der Waals surface area contributed by atoms with Gasteiger partial charge in [0, 0.05) is 0 Å². The fraction of sp³-hybridized carbons (Fsp3) is 0. The van der Waals surface area contributed by atoms with Gasteiger partial charge in [-0.05, 0) is 0 Å². The summed E-state index contributed by atoms with van der Waals surface area (Å²) in [5, 5.41) is 1.77. The number of urea groups is 1. The van der Waals surface area contributed by atoms with Crippen molar-refractivity contribution in [3.63, 3.8) is 0 Å². The number of imide groups is 1. The first-order chi connectivity index (χ1) is 4.61. The van der Waals surface area contributed by atoms with E-state index in [0.29, 0.717) is 0 Å². The Morgan fingerprint density at radius 3 is 2.30 bits per heavy atom. The molecule has 1 aliphatic heterocycles. The fourth-order valence-electron chi connectivity index (χ4n) is 0.504. The van der Waals surface area contributed by atoms with Crippen LogP contribution < -0.4 is 11.1 Å². The average molecular weight is 141 g/mol. The lowest BCUT2D eigenvalue weighted by Gasteiger charge is -1.85. The maximum atomic E-state index is 10.5. The molecule has 0 fully saturated rings. The quantitative estimate of drug-likeness (QED) is 0.448. The number of hydrogen-bond donors (Lipinski definition) is 2. The fourth-order valence-corrected chi connectivity index (χ4v) is 0.504. The van der Waals surface area contributed by atoms with Gasteiger partial charge in [-0.2, -0.15) is 4.99 Å². The van der Waals surface area contributed by atoms with Gasteiger partial charge < -0.3 is 5.73 Å². The van der Waals surface area contributed by atoms with Crippen molar-refractivity contribution in [3.05, 3.63) is 0 Å². The summed E-state index contributed by atoms with van der Waals surface area (Å²) < 4.78 is 0. The topological polar surface area (TPSA) is 102 Å². The number of carbonyl (C=O) groups excluding carboxylic acids is 3. The molecule has 3 N–H and O–H groups in total. The molecule has 0 unspecified atom stereocenters. The molecule has 0 atom stereocenters. The van der Waals surface area contributed by atoms with Gasteiger partial charge in [0.1, 0.15) is 0 Å². The predicted octanol–water partition coefficient (Wildman–Crippen LogP) is -1.84.